The fourth-order valence-electron chi connectivity index (χ4n) is 3.27. The van der Waals surface area contributed by atoms with Gasteiger partial charge in [0.25, 0.3) is 5.91 Å². The van der Waals surface area contributed by atoms with E-state index in [0.717, 1.165) is 11.3 Å². The van der Waals surface area contributed by atoms with Gasteiger partial charge in [0, 0.05) is 11.6 Å². The van der Waals surface area contributed by atoms with Crippen molar-refractivity contribution >= 4 is 15.7 Å². The first-order chi connectivity index (χ1) is 13.6. The van der Waals surface area contributed by atoms with Gasteiger partial charge < -0.3 is 10.1 Å². The number of carbonyl (C=O) groups excluding carboxylic acids is 1. The Hall–Kier alpha value is -2.34. The van der Waals surface area contributed by atoms with Crippen LogP contribution in [-0.4, -0.2) is 31.9 Å². The van der Waals surface area contributed by atoms with Crippen LogP contribution in [0.1, 0.15) is 55.1 Å². The van der Waals surface area contributed by atoms with Crippen LogP contribution in [0.4, 0.5) is 0 Å². The van der Waals surface area contributed by atoms with Crippen LogP contribution in [0.5, 0.6) is 5.75 Å². The highest BCUT2D eigenvalue weighted by atomic mass is 32.2. The first kappa shape index (κ1) is 21.4. The van der Waals surface area contributed by atoms with Gasteiger partial charge in [-0.25, -0.2) is 8.42 Å². The fraction of sp³-hybridized carbons (Fsp3) is 0.435. The van der Waals surface area contributed by atoms with Crippen LogP contribution in [-0.2, 0) is 21.9 Å². The summed E-state index contributed by atoms with van der Waals surface area (Å²) in [6.07, 6.45) is 0.960. The summed E-state index contributed by atoms with van der Waals surface area (Å²) in [5.74, 6) is 0.933. The van der Waals surface area contributed by atoms with Gasteiger partial charge >= 0.3 is 0 Å². The predicted molar refractivity (Wildman–Crippen MR) is 115 cm³/mol. The van der Waals surface area contributed by atoms with Crippen molar-refractivity contribution in [1.82, 2.24) is 5.32 Å². The fourth-order valence-corrected chi connectivity index (χ4v) is 4.76. The number of rotatable bonds is 5. The average Bonchev–Trinajstić information content (AvgIpc) is 2.68. The summed E-state index contributed by atoms with van der Waals surface area (Å²) >= 11 is 0. The van der Waals surface area contributed by atoms with Gasteiger partial charge in [-0.1, -0.05) is 45.0 Å². The number of hydrogen-bond donors (Lipinski definition) is 1. The molecule has 29 heavy (non-hydrogen) atoms. The summed E-state index contributed by atoms with van der Waals surface area (Å²) in [5.41, 5.74) is 2.92. The molecule has 1 N–H and O–H groups in total. The van der Waals surface area contributed by atoms with E-state index in [9.17, 15) is 13.2 Å². The van der Waals surface area contributed by atoms with Crippen molar-refractivity contribution in [3.05, 3.63) is 65.2 Å². The van der Waals surface area contributed by atoms with E-state index in [0.29, 0.717) is 25.0 Å². The Morgan fingerprint density at radius 1 is 1.00 bits per heavy atom. The molecule has 1 saturated heterocycles. The zero-order valence-corrected chi connectivity index (χ0v) is 18.1. The maximum atomic E-state index is 12.4. The van der Waals surface area contributed by atoms with E-state index in [1.54, 1.807) is 12.1 Å². The molecule has 1 amide bonds. The molecule has 0 bridgehead atoms. The highest BCUT2D eigenvalue weighted by molar-refractivity contribution is 7.91. The Morgan fingerprint density at radius 2 is 1.59 bits per heavy atom. The van der Waals surface area contributed by atoms with Gasteiger partial charge in [0.15, 0.2) is 0 Å². The number of benzene rings is 2. The van der Waals surface area contributed by atoms with Crippen molar-refractivity contribution in [2.24, 2.45) is 0 Å². The van der Waals surface area contributed by atoms with Gasteiger partial charge in [0.1, 0.15) is 22.2 Å². The van der Waals surface area contributed by atoms with Crippen LogP contribution in [0.15, 0.2) is 48.5 Å². The second kappa shape index (κ2) is 8.57. The summed E-state index contributed by atoms with van der Waals surface area (Å²) in [6.45, 7) is 6.96. The second-order valence-electron chi connectivity index (χ2n) is 8.66. The largest absolute Gasteiger partial charge is 0.489 e. The summed E-state index contributed by atoms with van der Waals surface area (Å²) in [6, 6.07) is 15.4. The molecule has 0 aromatic heterocycles. The average molecular weight is 416 g/mol. The smallest absolute Gasteiger partial charge is 0.251 e. The third kappa shape index (κ3) is 6.07. The molecule has 3 rings (SSSR count). The molecule has 6 heteroatoms. The Labute approximate surface area is 173 Å². The molecule has 1 heterocycles. The quantitative estimate of drug-likeness (QED) is 0.805. The predicted octanol–water partition coefficient (Wildman–Crippen LogP) is 3.87. The Balaban J connectivity index is 1.51. The van der Waals surface area contributed by atoms with Crippen LogP contribution in [0.3, 0.4) is 0 Å². The van der Waals surface area contributed by atoms with Crippen molar-refractivity contribution in [1.29, 1.82) is 0 Å². The zero-order chi connectivity index (χ0) is 21.1. The van der Waals surface area contributed by atoms with Crippen molar-refractivity contribution in [2.75, 3.05) is 11.5 Å². The van der Waals surface area contributed by atoms with Gasteiger partial charge in [-0.2, -0.15) is 0 Å². The van der Waals surface area contributed by atoms with Gasteiger partial charge in [-0.05, 0) is 53.6 Å². The number of ether oxygens (including phenoxy) is 1. The molecule has 1 aliphatic heterocycles. The minimum atomic E-state index is -2.93. The molecule has 0 unspecified atom stereocenters. The molecule has 0 atom stereocenters. The standard InChI is InChI=1S/C23H29NO4S/c1-23(2,3)19-8-10-21(11-9-19)28-16-17-4-6-18(7-5-17)22(25)24-20-12-14-29(26,27)15-13-20/h4-11,20H,12-16H2,1-3H3,(H,24,25). The van der Waals surface area contributed by atoms with E-state index in [1.807, 2.05) is 24.3 Å². The minimum Gasteiger partial charge on any atom is -0.489 e. The molecule has 1 fully saturated rings. The molecule has 0 saturated carbocycles. The molecule has 2 aromatic carbocycles. The number of carbonyl (C=O) groups is 1. The van der Waals surface area contributed by atoms with E-state index in [2.05, 4.69) is 38.2 Å². The molecule has 0 aliphatic carbocycles. The van der Waals surface area contributed by atoms with Gasteiger partial charge in [-0.15, -0.1) is 0 Å². The van der Waals surface area contributed by atoms with E-state index in [-0.39, 0.29) is 28.9 Å². The maximum Gasteiger partial charge on any atom is 0.251 e. The van der Waals surface area contributed by atoms with E-state index in [1.165, 1.54) is 5.56 Å². The molecular weight excluding hydrogens is 386 g/mol. The number of hydrogen-bond acceptors (Lipinski definition) is 4. The number of amides is 1. The lowest BCUT2D eigenvalue weighted by atomic mass is 9.87. The third-order valence-corrected chi connectivity index (χ3v) is 6.95. The number of nitrogens with one attached hydrogen (secondary N) is 1. The van der Waals surface area contributed by atoms with Crippen molar-refractivity contribution in [2.45, 2.75) is 51.7 Å². The molecule has 1 aliphatic rings. The van der Waals surface area contributed by atoms with Crippen LogP contribution in [0.2, 0.25) is 0 Å². The Morgan fingerprint density at radius 3 is 2.14 bits per heavy atom. The third-order valence-electron chi connectivity index (χ3n) is 5.23. The summed E-state index contributed by atoms with van der Waals surface area (Å²) in [7, 11) is -2.93. The molecule has 5 nitrogen and oxygen atoms in total. The van der Waals surface area contributed by atoms with E-state index >= 15 is 0 Å². The van der Waals surface area contributed by atoms with Crippen LogP contribution in [0, 0.1) is 0 Å². The lowest BCUT2D eigenvalue weighted by Crippen LogP contribution is -2.40. The van der Waals surface area contributed by atoms with Crippen molar-refractivity contribution < 1.29 is 17.9 Å². The van der Waals surface area contributed by atoms with Crippen molar-refractivity contribution in [3.8, 4) is 5.75 Å². The monoisotopic (exact) mass is 415 g/mol. The molecular formula is C23H29NO4S. The first-order valence-corrected chi connectivity index (χ1v) is 11.8. The van der Waals surface area contributed by atoms with E-state index < -0.39 is 9.84 Å². The number of sulfone groups is 1. The topological polar surface area (TPSA) is 72.5 Å². The molecule has 0 spiro atoms. The summed E-state index contributed by atoms with van der Waals surface area (Å²) in [5, 5.41) is 2.93. The first-order valence-electron chi connectivity index (χ1n) is 9.96. The van der Waals surface area contributed by atoms with Crippen LogP contribution >= 0.6 is 0 Å². The van der Waals surface area contributed by atoms with Gasteiger partial charge in [-0.3, -0.25) is 4.79 Å². The molecule has 156 valence electrons. The summed E-state index contributed by atoms with van der Waals surface area (Å²) in [4.78, 5) is 12.4. The highest BCUT2D eigenvalue weighted by Crippen LogP contribution is 2.24. The maximum absolute atomic E-state index is 12.4. The molecule has 0 radical (unpaired) electrons. The molecule has 2 aromatic rings. The Bertz CT molecular complexity index is 928. The Kier molecular flexibility index (Phi) is 6.32. The normalized spacial score (nSPS) is 16.9. The van der Waals surface area contributed by atoms with Crippen molar-refractivity contribution in [3.63, 3.8) is 0 Å². The van der Waals surface area contributed by atoms with Crippen LogP contribution < -0.4 is 10.1 Å². The SMILES string of the molecule is CC(C)(C)c1ccc(OCc2ccc(C(=O)NC3CCS(=O)(=O)CC3)cc2)cc1. The van der Waals surface area contributed by atoms with Crippen LogP contribution in [0.25, 0.3) is 0 Å². The minimum absolute atomic E-state index is 0.0786. The van der Waals surface area contributed by atoms with E-state index in [4.69, 9.17) is 4.74 Å². The second-order valence-corrected chi connectivity index (χ2v) is 11.0. The lowest BCUT2D eigenvalue weighted by molar-refractivity contribution is 0.0934. The van der Waals surface area contributed by atoms with Gasteiger partial charge in [0.05, 0.1) is 11.5 Å². The lowest BCUT2D eigenvalue weighted by Gasteiger charge is -2.23. The highest BCUT2D eigenvalue weighted by Gasteiger charge is 2.24. The zero-order valence-electron chi connectivity index (χ0n) is 17.3. The van der Waals surface area contributed by atoms with Gasteiger partial charge in [0.2, 0.25) is 0 Å². The summed E-state index contributed by atoms with van der Waals surface area (Å²) < 4.78 is 28.8.